The summed E-state index contributed by atoms with van der Waals surface area (Å²) in [4.78, 5) is 24.4. The van der Waals surface area contributed by atoms with E-state index in [0.717, 1.165) is 16.9 Å². The molecule has 0 bridgehead atoms. The number of hydrogen-bond acceptors (Lipinski definition) is 3. The van der Waals surface area contributed by atoms with Gasteiger partial charge in [-0.15, -0.1) is 0 Å². The number of rotatable bonds is 4. The number of hydrazine groups is 1. The third-order valence-corrected chi connectivity index (χ3v) is 3.75. The summed E-state index contributed by atoms with van der Waals surface area (Å²) in [6.07, 6.45) is 0.152. The average molecular weight is 295 g/mol. The molecule has 0 radical (unpaired) electrons. The number of fused-ring (bicyclic) bond motifs is 1. The highest BCUT2D eigenvalue weighted by Crippen LogP contribution is 2.38. The maximum atomic E-state index is 12.7. The SMILES string of the molecule is CNC(=O)C[C@@H]1C(=O)N(Nc2ccccc2)c2ccccc21. The van der Waals surface area contributed by atoms with Gasteiger partial charge in [-0.1, -0.05) is 36.4 Å². The lowest BCUT2D eigenvalue weighted by atomic mass is 9.97. The molecule has 2 amide bonds. The Bertz CT molecular complexity index is 700. The van der Waals surface area contributed by atoms with Gasteiger partial charge in [0.15, 0.2) is 0 Å². The van der Waals surface area contributed by atoms with Crippen molar-refractivity contribution in [2.45, 2.75) is 12.3 Å². The third kappa shape index (κ3) is 2.53. The summed E-state index contributed by atoms with van der Waals surface area (Å²) in [7, 11) is 1.58. The molecule has 0 spiro atoms. The fourth-order valence-corrected chi connectivity index (χ4v) is 2.64. The molecule has 2 N–H and O–H groups in total. The van der Waals surface area contributed by atoms with E-state index in [4.69, 9.17) is 0 Å². The first-order valence-corrected chi connectivity index (χ1v) is 7.16. The standard InChI is InChI=1S/C17H17N3O2/c1-18-16(21)11-14-13-9-5-6-10-15(13)20(17(14)22)19-12-7-3-2-4-8-12/h2-10,14,19H,11H2,1H3,(H,18,21)/t14-/m0/s1. The normalized spacial score (nSPS) is 16.3. The molecule has 0 saturated carbocycles. The van der Waals surface area contributed by atoms with E-state index in [1.54, 1.807) is 7.05 Å². The molecule has 112 valence electrons. The van der Waals surface area contributed by atoms with Gasteiger partial charge in [-0.3, -0.25) is 15.0 Å². The van der Waals surface area contributed by atoms with Crippen LogP contribution in [0.2, 0.25) is 0 Å². The van der Waals surface area contributed by atoms with Crippen molar-refractivity contribution in [2.75, 3.05) is 17.5 Å². The lowest BCUT2D eigenvalue weighted by Crippen LogP contribution is -2.35. The van der Waals surface area contributed by atoms with Gasteiger partial charge < -0.3 is 5.32 Å². The summed E-state index contributed by atoms with van der Waals surface area (Å²) in [5, 5.41) is 4.10. The molecule has 1 aliphatic heterocycles. The van der Waals surface area contributed by atoms with Crippen molar-refractivity contribution < 1.29 is 9.59 Å². The number of nitrogens with zero attached hydrogens (tertiary/aromatic N) is 1. The molecule has 5 heteroatoms. The number of hydrogen-bond donors (Lipinski definition) is 2. The van der Waals surface area contributed by atoms with Crippen LogP contribution in [0.15, 0.2) is 54.6 Å². The Morgan fingerprint density at radius 3 is 2.50 bits per heavy atom. The van der Waals surface area contributed by atoms with Gasteiger partial charge in [0, 0.05) is 13.5 Å². The first-order chi connectivity index (χ1) is 10.7. The molecular formula is C17H17N3O2. The van der Waals surface area contributed by atoms with Crippen LogP contribution >= 0.6 is 0 Å². The quantitative estimate of drug-likeness (QED) is 0.909. The van der Waals surface area contributed by atoms with Gasteiger partial charge in [0.05, 0.1) is 17.3 Å². The first kappa shape index (κ1) is 14.1. The Morgan fingerprint density at radius 2 is 1.77 bits per heavy atom. The zero-order valence-corrected chi connectivity index (χ0v) is 12.2. The topological polar surface area (TPSA) is 61.4 Å². The summed E-state index contributed by atoms with van der Waals surface area (Å²) in [5.74, 6) is -0.712. The van der Waals surface area contributed by atoms with Gasteiger partial charge in [-0.2, -0.15) is 0 Å². The highest BCUT2D eigenvalue weighted by Gasteiger charge is 2.38. The molecule has 0 aromatic heterocycles. The van der Waals surface area contributed by atoms with E-state index in [2.05, 4.69) is 10.7 Å². The summed E-state index contributed by atoms with van der Waals surface area (Å²) < 4.78 is 0. The van der Waals surface area contributed by atoms with Gasteiger partial charge in [0.25, 0.3) is 5.91 Å². The minimum absolute atomic E-state index is 0.117. The van der Waals surface area contributed by atoms with Crippen LogP contribution < -0.4 is 15.8 Å². The zero-order valence-electron chi connectivity index (χ0n) is 12.2. The van der Waals surface area contributed by atoms with Crippen LogP contribution in [0.4, 0.5) is 11.4 Å². The first-order valence-electron chi connectivity index (χ1n) is 7.16. The summed E-state index contributed by atoms with van der Waals surface area (Å²) in [6, 6.07) is 17.0. The maximum absolute atomic E-state index is 12.7. The highest BCUT2D eigenvalue weighted by atomic mass is 16.2. The molecule has 5 nitrogen and oxygen atoms in total. The van der Waals surface area contributed by atoms with Gasteiger partial charge >= 0.3 is 0 Å². The van der Waals surface area contributed by atoms with Gasteiger partial charge in [-0.25, -0.2) is 5.01 Å². The minimum Gasteiger partial charge on any atom is -0.359 e. The predicted octanol–water partition coefficient (Wildman–Crippen LogP) is 2.28. The molecule has 1 heterocycles. The number of carbonyl (C=O) groups excluding carboxylic acids is 2. The maximum Gasteiger partial charge on any atom is 0.253 e. The van der Waals surface area contributed by atoms with E-state index in [1.165, 1.54) is 5.01 Å². The fraction of sp³-hybridized carbons (Fsp3) is 0.176. The van der Waals surface area contributed by atoms with E-state index in [9.17, 15) is 9.59 Å². The monoisotopic (exact) mass is 295 g/mol. The lowest BCUT2D eigenvalue weighted by molar-refractivity contribution is -0.125. The van der Waals surface area contributed by atoms with Crippen LogP contribution in [-0.4, -0.2) is 18.9 Å². The molecule has 3 rings (SSSR count). The lowest BCUT2D eigenvalue weighted by Gasteiger charge is -2.20. The van der Waals surface area contributed by atoms with E-state index in [0.29, 0.717) is 0 Å². The summed E-state index contributed by atoms with van der Waals surface area (Å²) in [5.41, 5.74) is 5.62. The number of benzene rings is 2. The van der Waals surface area contributed by atoms with Crippen molar-refractivity contribution in [1.82, 2.24) is 5.32 Å². The van der Waals surface area contributed by atoms with Crippen molar-refractivity contribution in [1.29, 1.82) is 0 Å². The summed E-state index contributed by atoms with van der Waals surface area (Å²) >= 11 is 0. The van der Waals surface area contributed by atoms with Crippen LogP contribution in [0.25, 0.3) is 0 Å². The molecule has 22 heavy (non-hydrogen) atoms. The third-order valence-electron chi connectivity index (χ3n) is 3.75. The zero-order chi connectivity index (χ0) is 15.5. The van der Waals surface area contributed by atoms with Gasteiger partial charge in [0.2, 0.25) is 5.91 Å². The Morgan fingerprint density at radius 1 is 1.09 bits per heavy atom. The molecule has 1 atom stereocenters. The van der Waals surface area contributed by atoms with Crippen molar-refractivity contribution in [3.63, 3.8) is 0 Å². The van der Waals surface area contributed by atoms with E-state index in [-0.39, 0.29) is 18.2 Å². The van der Waals surface area contributed by atoms with Crippen LogP contribution in [0, 0.1) is 0 Å². The molecule has 2 aromatic carbocycles. The molecule has 1 aliphatic rings. The Hall–Kier alpha value is -2.82. The van der Waals surface area contributed by atoms with E-state index in [1.807, 2.05) is 54.6 Å². The van der Waals surface area contributed by atoms with Crippen molar-refractivity contribution >= 4 is 23.2 Å². The molecule has 0 unspecified atom stereocenters. The fourth-order valence-electron chi connectivity index (χ4n) is 2.64. The molecule has 2 aromatic rings. The highest BCUT2D eigenvalue weighted by molar-refractivity contribution is 6.07. The number of anilines is 2. The smallest absolute Gasteiger partial charge is 0.253 e. The second kappa shape index (κ2) is 5.89. The Labute approximate surface area is 128 Å². The number of para-hydroxylation sites is 2. The van der Waals surface area contributed by atoms with Crippen molar-refractivity contribution in [3.8, 4) is 0 Å². The summed E-state index contributed by atoms with van der Waals surface area (Å²) in [6.45, 7) is 0. The van der Waals surface area contributed by atoms with Crippen molar-refractivity contribution in [3.05, 3.63) is 60.2 Å². The largest absolute Gasteiger partial charge is 0.359 e. The number of amides is 2. The van der Waals surface area contributed by atoms with E-state index < -0.39 is 5.92 Å². The van der Waals surface area contributed by atoms with Crippen LogP contribution in [0.1, 0.15) is 17.9 Å². The van der Waals surface area contributed by atoms with Crippen LogP contribution in [0.5, 0.6) is 0 Å². The Balaban J connectivity index is 1.92. The minimum atomic E-state index is -0.452. The molecule has 0 aliphatic carbocycles. The second-order valence-corrected chi connectivity index (χ2v) is 5.14. The van der Waals surface area contributed by atoms with Crippen LogP contribution in [-0.2, 0) is 9.59 Å². The Kier molecular flexibility index (Phi) is 3.78. The van der Waals surface area contributed by atoms with E-state index >= 15 is 0 Å². The van der Waals surface area contributed by atoms with Crippen molar-refractivity contribution in [2.24, 2.45) is 0 Å². The second-order valence-electron chi connectivity index (χ2n) is 5.14. The average Bonchev–Trinajstić information content (AvgIpc) is 2.82. The van der Waals surface area contributed by atoms with Gasteiger partial charge in [0.1, 0.15) is 0 Å². The van der Waals surface area contributed by atoms with Crippen LogP contribution in [0.3, 0.4) is 0 Å². The molecule has 0 fully saturated rings. The number of nitrogens with one attached hydrogen (secondary N) is 2. The van der Waals surface area contributed by atoms with Gasteiger partial charge in [-0.05, 0) is 23.8 Å². The molecular weight excluding hydrogens is 278 g/mol. The predicted molar refractivity (Wildman–Crippen MR) is 85.4 cm³/mol. The molecule has 0 saturated heterocycles. The number of carbonyl (C=O) groups is 2.